The first-order chi connectivity index (χ1) is 17.5. The van der Waals surface area contributed by atoms with Crippen LogP contribution in [0.3, 0.4) is 0 Å². The fourth-order valence-corrected chi connectivity index (χ4v) is 4.64. The number of para-hydroxylation sites is 1. The quantitative estimate of drug-likeness (QED) is 0.328. The van der Waals surface area contributed by atoms with Crippen molar-refractivity contribution < 1.29 is 9.90 Å². The number of carboxylic acid groups (broad SMARTS) is 1. The van der Waals surface area contributed by atoms with Gasteiger partial charge in [0.25, 0.3) is 5.56 Å². The molecule has 0 bridgehead atoms. The Morgan fingerprint density at radius 3 is 2.53 bits per heavy atom. The van der Waals surface area contributed by atoms with Crippen molar-refractivity contribution in [1.82, 2.24) is 9.78 Å². The summed E-state index contributed by atoms with van der Waals surface area (Å²) in [6.07, 6.45) is 6.38. The first-order valence-corrected chi connectivity index (χ1v) is 12.1. The molecule has 180 valence electrons. The third-order valence-electron chi connectivity index (χ3n) is 6.42. The Morgan fingerprint density at radius 2 is 1.81 bits per heavy atom. The molecule has 0 atom stereocenters. The van der Waals surface area contributed by atoms with Crippen LogP contribution in [0.4, 0.5) is 11.4 Å². The molecular formula is C30H27N3O3. The summed E-state index contributed by atoms with van der Waals surface area (Å²) >= 11 is 0. The van der Waals surface area contributed by atoms with Crippen LogP contribution in [0.25, 0.3) is 17.8 Å². The smallest absolute Gasteiger partial charge is 0.354 e. The molecular weight excluding hydrogens is 450 g/mol. The number of aromatic amines is 1. The number of hydrogen-bond donors (Lipinski definition) is 2. The number of H-pyrrole nitrogens is 1. The Kier molecular flexibility index (Phi) is 6.44. The van der Waals surface area contributed by atoms with Crippen LogP contribution in [0.1, 0.15) is 46.1 Å². The van der Waals surface area contributed by atoms with Crippen molar-refractivity contribution in [2.45, 2.75) is 26.2 Å². The van der Waals surface area contributed by atoms with E-state index in [1.165, 1.54) is 33.3 Å². The number of nitrogens with one attached hydrogen (secondary N) is 1. The minimum absolute atomic E-state index is 0.0569. The molecule has 6 nitrogen and oxygen atoms in total. The number of carboxylic acids is 1. The molecule has 36 heavy (non-hydrogen) atoms. The van der Waals surface area contributed by atoms with Crippen molar-refractivity contribution in [2.75, 3.05) is 11.4 Å². The largest absolute Gasteiger partial charge is 0.477 e. The number of anilines is 2. The van der Waals surface area contributed by atoms with Gasteiger partial charge in [0.2, 0.25) is 0 Å². The van der Waals surface area contributed by atoms with Crippen LogP contribution in [0.15, 0.2) is 83.3 Å². The van der Waals surface area contributed by atoms with Crippen LogP contribution in [-0.2, 0) is 12.8 Å². The number of aromatic nitrogens is 2. The molecule has 5 rings (SSSR count). The summed E-state index contributed by atoms with van der Waals surface area (Å²) < 4.78 is 1.23. The number of nitrogens with zero attached hydrogens (tertiary/aromatic N) is 2. The zero-order chi connectivity index (χ0) is 25.1. The van der Waals surface area contributed by atoms with Gasteiger partial charge in [0.1, 0.15) is 0 Å². The van der Waals surface area contributed by atoms with E-state index in [0.717, 1.165) is 31.4 Å². The van der Waals surface area contributed by atoms with Crippen LogP contribution < -0.4 is 10.5 Å². The molecule has 0 amide bonds. The van der Waals surface area contributed by atoms with Gasteiger partial charge in [-0.15, -0.1) is 5.73 Å². The summed E-state index contributed by atoms with van der Waals surface area (Å²) in [5.74, 6) is -1.20. The molecule has 2 N–H and O–H groups in total. The van der Waals surface area contributed by atoms with Crippen LogP contribution in [-0.4, -0.2) is 27.4 Å². The van der Waals surface area contributed by atoms with Gasteiger partial charge in [-0.25, -0.2) is 9.48 Å². The Bertz CT molecular complexity index is 1520. The SMILES string of the molecule is CCCc1ccc(N2CCc3cc(C=C=Cc4c(C(=O)O)[nH]n(-c5ccccc5)c4=O)ccc32)cc1. The molecule has 1 aliphatic heterocycles. The zero-order valence-corrected chi connectivity index (χ0v) is 20.1. The van der Waals surface area contributed by atoms with Crippen LogP contribution in [0.2, 0.25) is 0 Å². The second kappa shape index (κ2) is 9.98. The summed E-state index contributed by atoms with van der Waals surface area (Å²) in [7, 11) is 0. The van der Waals surface area contributed by atoms with E-state index in [-0.39, 0.29) is 11.3 Å². The first-order valence-electron chi connectivity index (χ1n) is 12.1. The number of rotatable bonds is 7. The Morgan fingerprint density at radius 1 is 1.03 bits per heavy atom. The van der Waals surface area contributed by atoms with E-state index in [0.29, 0.717) is 5.69 Å². The number of aryl methyl sites for hydroxylation is 1. The molecule has 0 aliphatic carbocycles. The fourth-order valence-electron chi connectivity index (χ4n) is 4.64. The van der Waals surface area contributed by atoms with E-state index in [4.69, 9.17) is 0 Å². The van der Waals surface area contributed by atoms with Gasteiger partial charge in [-0.2, -0.15) is 0 Å². The molecule has 2 heterocycles. The Hall–Kier alpha value is -4.54. The summed E-state index contributed by atoms with van der Waals surface area (Å²) in [5.41, 5.74) is 8.98. The van der Waals surface area contributed by atoms with E-state index >= 15 is 0 Å². The predicted molar refractivity (Wildman–Crippen MR) is 143 cm³/mol. The van der Waals surface area contributed by atoms with Gasteiger partial charge in [-0.1, -0.05) is 49.7 Å². The number of benzene rings is 3. The van der Waals surface area contributed by atoms with E-state index < -0.39 is 11.5 Å². The molecule has 0 spiro atoms. The Labute approximate surface area is 209 Å². The highest BCUT2D eigenvalue weighted by atomic mass is 16.4. The molecule has 1 aromatic heterocycles. The highest BCUT2D eigenvalue weighted by molar-refractivity contribution is 5.90. The second-order valence-corrected chi connectivity index (χ2v) is 8.84. The van der Waals surface area contributed by atoms with Crippen molar-refractivity contribution >= 4 is 29.5 Å². The first kappa shape index (κ1) is 23.2. The number of fused-ring (bicyclic) bond motifs is 1. The maximum absolute atomic E-state index is 12.9. The van der Waals surface area contributed by atoms with E-state index in [1.807, 2.05) is 12.1 Å². The molecule has 6 heteroatoms. The lowest BCUT2D eigenvalue weighted by Gasteiger charge is -2.20. The van der Waals surface area contributed by atoms with Gasteiger partial charge in [-0.05, 0) is 78.1 Å². The lowest BCUT2D eigenvalue weighted by atomic mass is 10.1. The molecule has 0 saturated heterocycles. The molecule has 1 aliphatic rings. The molecule has 0 fully saturated rings. The summed E-state index contributed by atoms with van der Waals surface area (Å²) in [4.78, 5) is 27.0. The maximum Gasteiger partial charge on any atom is 0.354 e. The van der Waals surface area contributed by atoms with Crippen LogP contribution in [0.5, 0.6) is 0 Å². The van der Waals surface area contributed by atoms with Crippen molar-refractivity contribution in [3.63, 3.8) is 0 Å². The molecule has 0 unspecified atom stereocenters. The summed E-state index contributed by atoms with van der Waals surface area (Å²) in [6, 6.07) is 23.9. The van der Waals surface area contributed by atoms with Gasteiger partial charge in [0, 0.05) is 17.9 Å². The predicted octanol–water partition coefficient (Wildman–Crippen LogP) is 5.84. The van der Waals surface area contributed by atoms with Gasteiger partial charge >= 0.3 is 5.97 Å². The maximum atomic E-state index is 12.9. The van der Waals surface area contributed by atoms with Gasteiger partial charge in [-0.3, -0.25) is 9.89 Å². The molecule has 0 saturated carbocycles. The number of hydrogen-bond acceptors (Lipinski definition) is 3. The average Bonchev–Trinajstić information content (AvgIpc) is 3.46. The molecule has 0 radical (unpaired) electrons. The highest BCUT2D eigenvalue weighted by Crippen LogP contribution is 2.35. The lowest BCUT2D eigenvalue weighted by molar-refractivity contribution is 0.0689. The molecule has 4 aromatic rings. The van der Waals surface area contributed by atoms with Crippen molar-refractivity contribution in [1.29, 1.82) is 0 Å². The highest BCUT2D eigenvalue weighted by Gasteiger charge is 2.21. The fraction of sp³-hybridized carbons (Fsp3) is 0.167. The van der Waals surface area contributed by atoms with Gasteiger partial charge in [0.15, 0.2) is 5.69 Å². The van der Waals surface area contributed by atoms with E-state index in [1.54, 1.807) is 30.3 Å². The minimum Gasteiger partial charge on any atom is -0.477 e. The monoisotopic (exact) mass is 477 g/mol. The topological polar surface area (TPSA) is 78.3 Å². The third-order valence-corrected chi connectivity index (χ3v) is 6.42. The van der Waals surface area contributed by atoms with Crippen LogP contribution >= 0.6 is 0 Å². The zero-order valence-electron chi connectivity index (χ0n) is 20.1. The number of carbonyl (C=O) groups is 1. The lowest BCUT2D eigenvalue weighted by Crippen LogP contribution is -2.15. The van der Waals surface area contributed by atoms with Gasteiger partial charge in [0.05, 0.1) is 11.3 Å². The average molecular weight is 478 g/mol. The second-order valence-electron chi connectivity index (χ2n) is 8.84. The third kappa shape index (κ3) is 4.54. The van der Waals surface area contributed by atoms with Gasteiger partial charge < -0.3 is 10.0 Å². The molecule has 3 aromatic carbocycles. The van der Waals surface area contributed by atoms with Crippen LogP contribution in [0, 0.1) is 0 Å². The van der Waals surface area contributed by atoms with Crippen molar-refractivity contribution in [3.05, 3.63) is 117 Å². The number of aromatic carboxylic acids is 1. The normalized spacial score (nSPS) is 12.2. The van der Waals surface area contributed by atoms with E-state index in [2.05, 4.69) is 59.1 Å². The summed E-state index contributed by atoms with van der Waals surface area (Å²) in [5, 5.41) is 12.3. The summed E-state index contributed by atoms with van der Waals surface area (Å²) in [6.45, 7) is 3.12. The Balaban J connectivity index is 1.40. The van der Waals surface area contributed by atoms with Crippen molar-refractivity contribution in [2.24, 2.45) is 0 Å². The standard InChI is InChI=1S/C30H27N3O3/c1-2-7-21-12-15-24(16-13-21)32-19-18-23-20-22(14-17-27(23)32)8-6-11-26-28(30(35)36)31-33(29(26)34)25-9-4-3-5-10-25/h3-5,8-17,20,31H,2,7,18-19H2,1H3,(H,35,36). The minimum atomic E-state index is -1.20. The van der Waals surface area contributed by atoms with E-state index in [9.17, 15) is 14.7 Å². The van der Waals surface area contributed by atoms with Crippen molar-refractivity contribution in [3.8, 4) is 5.69 Å².